The molecule has 0 bridgehead atoms. The molecule has 1 aliphatic rings. The van der Waals surface area contributed by atoms with E-state index in [2.05, 4.69) is 48.0 Å². The fourth-order valence-electron chi connectivity index (χ4n) is 3.67. The molecule has 0 saturated carbocycles. The van der Waals surface area contributed by atoms with Crippen molar-refractivity contribution in [2.45, 2.75) is 77.2 Å². The van der Waals surface area contributed by atoms with Crippen LogP contribution in [-0.2, 0) is 6.54 Å². The fraction of sp³-hybridized carbons (Fsp3) is 0.538. The predicted molar refractivity (Wildman–Crippen MR) is 125 cm³/mol. The van der Waals surface area contributed by atoms with Crippen molar-refractivity contribution < 1.29 is 19.4 Å². The number of aliphatic hydroxyl groups is 2. The van der Waals surface area contributed by atoms with Crippen molar-refractivity contribution in [3.8, 4) is 0 Å². The number of rotatable bonds is 6. The second-order valence-corrected chi connectivity index (χ2v) is 8.19. The summed E-state index contributed by atoms with van der Waals surface area (Å²) in [5.41, 5.74) is 2.23. The number of aromatic nitrogens is 1. The van der Waals surface area contributed by atoms with Gasteiger partial charge in [-0.15, -0.1) is 0 Å². The van der Waals surface area contributed by atoms with Gasteiger partial charge in [-0.25, -0.2) is 4.57 Å². The Morgan fingerprint density at radius 3 is 2.30 bits per heavy atom. The molecule has 1 aliphatic heterocycles. The van der Waals surface area contributed by atoms with Crippen molar-refractivity contribution in [1.29, 1.82) is 0 Å². The number of allylic oxidation sites excluding steroid dienone is 5. The van der Waals surface area contributed by atoms with Crippen LogP contribution >= 0.6 is 0 Å². The van der Waals surface area contributed by atoms with Crippen molar-refractivity contribution in [3.63, 3.8) is 0 Å². The summed E-state index contributed by atoms with van der Waals surface area (Å²) in [6, 6.07) is 4.26. The molecule has 0 aromatic carbocycles. The highest BCUT2D eigenvalue weighted by molar-refractivity contribution is 5.74. The zero-order chi connectivity index (χ0) is 21.4. The van der Waals surface area contributed by atoms with E-state index in [1.807, 2.05) is 6.08 Å². The lowest BCUT2D eigenvalue weighted by molar-refractivity contribution is -0.697. The summed E-state index contributed by atoms with van der Waals surface area (Å²) in [4.78, 5) is 0. The molecule has 1 aromatic rings. The standard InChI is InChI=1S/C26H39N2O2/c1-27-19-11-8-6-4-2-3-5-7-10-14-24(15-16-26(27)30)25-17-21-28(22-18-25)20-12-9-13-23-29/h10,14-18,21-22,29H,1-9,11-13,19-20,23H2/q+1/p+1/b14-10-,16-15?. The van der Waals surface area contributed by atoms with Crippen molar-refractivity contribution in [2.24, 2.45) is 0 Å². The van der Waals surface area contributed by atoms with Crippen LogP contribution in [0.1, 0.15) is 76.2 Å². The summed E-state index contributed by atoms with van der Waals surface area (Å²) in [7, 11) is 0. The van der Waals surface area contributed by atoms with E-state index in [9.17, 15) is 5.11 Å². The van der Waals surface area contributed by atoms with Gasteiger partial charge in [-0.1, -0.05) is 37.8 Å². The normalized spacial score (nSPS) is 20.2. The molecule has 30 heavy (non-hydrogen) atoms. The highest BCUT2D eigenvalue weighted by Gasteiger charge is 2.08. The summed E-state index contributed by atoms with van der Waals surface area (Å²) in [6.45, 7) is 6.00. The van der Waals surface area contributed by atoms with E-state index in [0.29, 0.717) is 0 Å². The number of unbranched alkanes of at least 4 members (excludes halogenated alkanes) is 2. The van der Waals surface area contributed by atoms with Gasteiger partial charge >= 0.3 is 5.88 Å². The zero-order valence-electron chi connectivity index (χ0n) is 18.5. The number of aryl methyl sites for hydroxylation is 1. The van der Waals surface area contributed by atoms with Gasteiger partial charge in [0.05, 0.1) is 6.08 Å². The van der Waals surface area contributed by atoms with Crippen LogP contribution in [0.4, 0.5) is 0 Å². The van der Waals surface area contributed by atoms with E-state index in [1.165, 1.54) is 38.5 Å². The molecule has 0 atom stereocenters. The molecule has 0 unspecified atom stereocenters. The number of hydrogen-bond donors (Lipinski definition) is 2. The van der Waals surface area contributed by atoms with Gasteiger partial charge in [0, 0.05) is 31.6 Å². The van der Waals surface area contributed by atoms with Crippen LogP contribution in [-0.4, -0.2) is 34.7 Å². The second kappa shape index (κ2) is 14.7. The molecule has 0 saturated heterocycles. The van der Waals surface area contributed by atoms with Gasteiger partial charge < -0.3 is 10.2 Å². The number of pyridine rings is 1. The van der Waals surface area contributed by atoms with Crippen LogP contribution in [0, 0.1) is 0 Å². The van der Waals surface area contributed by atoms with Crippen molar-refractivity contribution >= 4 is 12.3 Å². The first-order chi connectivity index (χ1) is 14.7. The average molecular weight is 413 g/mol. The molecule has 0 radical (unpaired) electrons. The van der Waals surface area contributed by atoms with E-state index in [-0.39, 0.29) is 12.5 Å². The highest BCUT2D eigenvalue weighted by atomic mass is 16.3. The Hall–Kier alpha value is -2.20. The molecule has 164 valence electrons. The summed E-state index contributed by atoms with van der Waals surface area (Å²) in [6.07, 6.45) is 25.1. The smallest absolute Gasteiger partial charge is 0.364 e. The Bertz CT molecular complexity index is 717. The molecule has 0 amide bonds. The van der Waals surface area contributed by atoms with Crippen LogP contribution in [0.2, 0.25) is 0 Å². The van der Waals surface area contributed by atoms with Gasteiger partial charge in [0.2, 0.25) is 0 Å². The zero-order valence-corrected chi connectivity index (χ0v) is 18.5. The fourth-order valence-corrected chi connectivity index (χ4v) is 3.67. The minimum absolute atomic E-state index is 0.211. The predicted octanol–water partition coefficient (Wildman–Crippen LogP) is 5.32. The quantitative estimate of drug-likeness (QED) is 0.490. The molecule has 1 aromatic heterocycles. The summed E-state index contributed by atoms with van der Waals surface area (Å²) in [5.74, 6) is 0.211. The summed E-state index contributed by atoms with van der Waals surface area (Å²) in [5, 5.41) is 19.3. The summed E-state index contributed by atoms with van der Waals surface area (Å²) >= 11 is 0. The largest absolute Gasteiger partial charge is 0.460 e. The molecule has 2 rings (SSSR count). The molecular formula is C26H40N2O2+2. The third kappa shape index (κ3) is 9.53. The Kier molecular flexibility index (Phi) is 11.8. The highest BCUT2D eigenvalue weighted by Crippen LogP contribution is 2.17. The number of nitrogens with zero attached hydrogens (tertiary/aromatic N) is 2. The van der Waals surface area contributed by atoms with Gasteiger partial charge in [-0.2, -0.15) is 4.58 Å². The lowest BCUT2D eigenvalue weighted by Gasteiger charge is -2.04. The third-order valence-electron chi connectivity index (χ3n) is 5.63. The molecule has 0 spiro atoms. The van der Waals surface area contributed by atoms with E-state index in [0.717, 1.165) is 56.3 Å². The average Bonchev–Trinajstić information content (AvgIpc) is 2.76. The van der Waals surface area contributed by atoms with Crippen LogP contribution < -0.4 is 4.57 Å². The maximum absolute atomic E-state index is 10.4. The minimum Gasteiger partial charge on any atom is -0.460 e. The van der Waals surface area contributed by atoms with Crippen molar-refractivity contribution in [3.05, 3.63) is 60.3 Å². The third-order valence-corrected chi connectivity index (χ3v) is 5.63. The maximum atomic E-state index is 10.4. The minimum atomic E-state index is 0.211. The Balaban J connectivity index is 2.11. The number of hydrogen-bond acceptors (Lipinski definition) is 2. The van der Waals surface area contributed by atoms with Gasteiger partial charge in [-0.05, 0) is 49.3 Å². The Morgan fingerprint density at radius 1 is 0.867 bits per heavy atom. The maximum Gasteiger partial charge on any atom is 0.364 e. The molecule has 0 fully saturated rings. The van der Waals surface area contributed by atoms with E-state index < -0.39 is 0 Å². The Morgan fingerprint density at radius 2 is 1.57 bits per heavy atom. The SMILES string of the molecule is C=[N+]1CCCCCCCCC/C=C\C(c2cc[n+](CCCCCO)cc2)=C/C=C1O. The van der Waals surface area contributed by atoms with Crippen LogP contribution in [0.5, 0.6) is 0 Å². The van der Waals surface area contributed by atoms with Crippen LogP contribution in [0.25, 0.3) is 5.57 Å². The van der Waals surface area contributed by atoms with Gasteiger partial charge in [0.1, 0.15) is 13.3 Å². The molecule has 4 heteroatoms. The first-order valence-electron chi connectivity index (χ1n) is 11.7. The molecule has 4 nitrogen and oxygen atoms in total. The lowest BCUT2D eigenvalue weighted by Crippen LogP contribution is -2.32. The topological polar surface area (TPSA) is 47.4 Å². The van der Waals surface area contributed by atoms with Crippen LogP contribution in [0.3, 0.4) is 0 Å². The monoisotopic (exact) mass is 412 g/mol. The molecular weight excluding hydrogens is 372 g/mol. The van der Waals surface area contributed by atoms with E-state index >= 15 is 0 Å². The van der Waals surface area contributed by atoms with Gasteiger partial charge in [0.25, 0.3) is 0 Å². The first-order valence-corrected chi connectivity index (χ1v) is 11.7. The van der Waals surface area contributed by atoms with Crippen LogP contribution in [0.15, 0.2) is 54.7 Å². The second-order valence-electron chi connectivity index (χ2n) is 8.19. The Labute approximate surface area is 182 Å². The lowest BCUT2D eigenvalue weighted by atomic mass is 10.0. The van der Waals surface area contributed by atoms with E-state index in [1.54, 1.807) is 10.7 Å². The van der Waals surface area contributed by atoms with Gasteiger partial charge in [0.15, 0.2) is 18.9 Å². The van der Waals surface area contributed by atoms with Gasteiger partial charge in [-0.3, -0.25) is 0 Å². The summed E-state index contributed by atoms with van der Waals surface area (Å²) < 4.78 is 3.88. The first kappa shape index (κ1) is 24.1. The van der Waals surface area contributed by atoms with E-state index in [4.69, 9.17) is 5.11 Å². The molecule has 2 N–H and O–H groups in total. The molecule has 0 aliphatic carbocycles. The molecule has 2 heterocycles. The van der Waals surface area contributed by atoms with Crippen molar-refractivity contribution in [1.82, 2.24) is 0 Å². The number of aliphatic hydroxyl groups excluding tert-OH is 2. The van der Waals surface area contributed by atoms with Crippen molar-refractivity contribution in [2.75, 3.05) is 13.2 Å².